The summed E-state index contributed by atoms with van der Waals surface area (Å²) in [5.41, 5.74) is 3.04. The number of nitrogens with one attached hydrogen (secondary N) is 1. The molecule has 1 fully saturated rings. The second-order valence-electron chi connectivity index (χ2n) is 5.91. The molecule has 0 saturated heterocycles. The highest BCUT2D eigenvalue weighted by atomic mass is 79.9. The molecule has 0 aromatic heterocycles. The highest BCUT2D eigenvalue weighted by Gasteiger charge is 2.32. The van der Waals surface area contributed by atoms with Crippen molar-refractivity contribution in [2.24, 2.45) is 0 Å². The minimum atomic E-state index is -0.0646. The van der Waals surface area contributed by atoms with Crippen molar-refractivity contribution in [2.45, 2.75) is 50.9 Å². The van der Waals surface area contributed by atoms with Crippen LogP contribution in [0.5, 0.6) is 0 Å². The van der Waals surface area contributed by atoms with Gasteiger partial charge in [0.15, 0.2) is 0 Å². The summed E-state index contributed by atoms with van der Waals surface area (Å²) in [4.78, 5) is 12.5. The monoisotopic (exact) mass is 337 g/mol. The number of hydrogen-bond acceptors (Lipinski definition) is 2. The zero-order valence-corrected chi connectivity index (χ0v) is 13.2. The third kappa shape index (κ3) is 2.77. The highest BCUT2D eigenvalue weighted by Crippen LogP contribution is 2.30. The molecule has 1 N–H and O–H groups in total. The molecule has 20 heavy (non-hydrogen) atoms. The van der Waals surface area contributed by atoms with Gasteiger partial charge in [0.1, 0.15) is 0 Å². The number of amides is 1. The van der Waals surface area contributed by atoms with Crippen molar-refractivity contribution in [1.29, 1.82) is 0 Å². The van der Waals surface area contributed by atoms with Crippen molar-refractivity contribution in [3.63, 3.8) is 0 Å². The van der Waals surface area contributed by atoms with E-state index in [1.807, 2.05) is 18.2 Å². The molecule has 1 aliphatic heterocycles. The Labute approximate surface area is 128 Å². The van der Waals surface area contributed by atoms with Gasteiger partial charge in [-0.05, 0) is 36.1 Å². The van der Waals surface area contributed by atoms with E-state index in [1.54, 1.807) is 0 Å². The first kappa shape index (κ1) is 14.1. The van der Waals surface area contributed by atoms with Crippen LogP contribution in [0, 0.1) is 0 Å². The maximum atomic E-state index is 12.5. The van der Waals surface area contributed by atoms with Gasteiger partial charge in [-0.1, -0.05) is 41.3 Å². The van der Waals surface area contributed by atoms with E-state index in [1.165, 1.54) is 24.8 Å². The van der Waals surface area contributed by atoms with Crippen LogP contribution in [0.1, 0.15) is 53.6 Å². The van der Waals surface area contributed by atoms with Crippen molar-refractivity contribution >= 4 is 21.8 Å². The van der Waals surface area contributed by atoms with E-state index >= 15 is 0 Å². The maximum absolute atomic E-state index is 12.5. The Morgan fingerprint density at radius 1 is 1.20 bits per heavy atom. The van der Waals surface area contributed by atoms with Crippen LogP contribution < -0.4 is 5.32 Å². The number of ether oxygens (including phenoxy) is 1. The summed E-state index contributed by atoms with van der Waals surface area (Å²) in [6.45, 7) is 1.29. The molecule has 3 nitrogen and oxygen atoms in total. The standard InChI is InChI=1S/C16H20BrNO2/c17-11-16(6-2-1-3-7-16)18-15(19)12-4-5-13-9-20-10-14(13)8-12/h4-5,8H,1-3,6-7,9-11H2,(H,18,19). The molecule has 108 valence electrons. The predicted octanol–water partition coefficient (Wildman–Crippen LogP) is 3.54. The molecule has 3 rings (SSSR count). The Balaban J connectivity index is 1.75. The number of halogens is 1. The van der Waals surface area contributed by atoms with E-state index < -0.39 is 0 Å². The van der Waals surface area contributed by atoms with E-state index in [0.29, 0.717) is 13.2 Å². The zero-order valence-electron chi connectivity index (χ0n) is 11.6. The van der Waals surface area contributed by atoms with Gasteiger partial charge in [0, 0.05) is 10.9 Å². The molecule has 0 bridgehead atoms. The lowest BCUT2D eigenvalue weighted by molar-refractivity contribution is 0.0886. The second kappa shape index (κ2) is 5.86. The molecular weight excluding hydrogens is 318 g/mol. The first-order chi connectivity index (χ1) is 9.72. The van der Waals surface area contributed by atoms with Gasteiger partial charge in [-0.25, -0.2) is 0 Å². The second-order valence-corrected chi connectivity index (χ2v) is 6.47. The third-order valence-corrected chi connectivity index (χ3v) is 5.50. The van der Waals surface area contributed by atoms with Crippen molar-refractivity contribution in [2.75, 3.05) is 5.33 Å². The van der Waals surface area contributed by atoms with Gasteiger partial charge >= 0.3 is 0 Å². The molecule has 0 radical (unpaired) electrons. The van der Waals surface area contributed by atoms with Crippen molar-refractivity contribution in [3.8, 4) is 0 Å². The van der Waals surface area contributed by atoms with Crippen molar-refractivity contribution in [1.82, 2.24) is 5.32 Å². The molecule has 1 heterocycles. The molecule has 0 unspecified atom stereocenters. The fraction of sp³-hybridized carbons (Fsp3) is 0.562. The van der Waals surface area contributed by atoms with Gasteiger partial charge in [-0.3, -0.25) is 4.79 Å². The summed E-state index contributed by atoms with van der Waals surface area (Å²) in [6, 6.07) is 5.90. The Bertz CT molecular complexity index is 509. The predicted molar refractivity (Wildman–Crippen MR) is 82.0 cm³/mol. The average Bonchev–Trinajstić information content (AvgIpc) is 2.95. The molecule has 1 saturated carbocycles. The first-order valence-corrected chi connectivity index (χ1v) is 8.43. The van der Waals surface area contributed by atoms with Gasteiger partial charge in [-0.2, -0.15) is 0 Å². The van der Waals surface area contributed by atoms with Gasteiger partial charge < -0.3 is 10.1 Å². The Morgan fingerprint density at radius 3 is 2.70 bits per heavy atom. The van der Waals surface area contributed by atoms with E-state index in [2.05, 4.69) is 21.2 Å². The summed E-state index contributed by atoms with van der Waals surface area (Å²) in [6.07, 6.45) is 5.81. The van der Waals surface area contributed by atoms with Crippen LogP contribution in [0.25, 0.3) is 0 Å². The van der Waals surface area contributed by atoms with Gasteiger partial charge in [-0.15, -0.1) is 0 Å². The van der Waals surface area contributed by atoms with Crippen molar-refractivity contribution < 1.29 is 9.53 Å². The molecular formula is C16H20BrNO2. The van der Waals surface area contributed by atoms with Gasteiger partial charge in [0.05, 0.1) is 18.8 Å². The third-order valence-electron chi connectivity index (χ3n) is 4.43. The fourth-order valence-electron chi connectivity index (χ4n) is 3.15. The fourth-order valence-corrected chi connectivity index (χ4v) is 3.85. The largest absolute Gasteiger partial charge is 0.372 e. The number of fused-ring (bicyclic) bond motifs is 1. The van der Waals surface area contributed by atoms with Crippen LogP contribution >= 0.6 is 15.9 Å². The van der Waals surface area contributed by atoms with Crippen LogP contribution in [0.2, 0.25) is 0 Å². The van der Waals surface area contributed by atoms with Crippen LogP contribution in [0.4, 0.5) is 0 Å². The summed E-state index contributed by atoms with van der Waals surface area (Å²) in [5.74, 6) is 0.0426. The minimum Gasteiger partial charge on any atom is -0.372 e. The highest BCUT2D eigenvalue weighted by molar-refractivity contribution is 9.09. The number of rotatable bonds is 3. The molecule has 0 atom stereocenters. The van der Waals surface area contributed by atoms with Crippen LogP contribution in [0.15, 0.2) is 18.2 Å². The van der Waals surface area contributed by atoms with E-state index in [4.69, 9.17) is 4.74 Å². The summed E-state index contributed by atoms with van der Waals surface area (Å²) in [7, 11) is 0. The number of carbonyl (C=O) groups excluding carboxylic acids is 1. The Hall–Kier alpha value is -0.870. The topological polar surface area (TPSA) is 38.3 Å². The van der Waals surface area contributed by atoms with Gasteiger partial charge in [0.2, 0.25) is 0 Å². The molecule has 2 aliphatic rings. The number of hydrogen-bond donors (Lipinski definition) is 1. The van der Waals surface area contributed by atoms with E-state index in [0.717, 1.165) is 29.3 Å². The maximum Gasteiger partial charge on any atom is 0.251 e. The lowest BCUT2D eigenvalue weighted by atomic mass is 9.83. The average molecular weight is 338 g/mol. The van der Waals surface area contributed by atoms with Crippen LogP contribution in [-0.2, 0) is 18.0 Å². The first-order valence-electron chi connectivity index (χ1n) is 7.30. The summed E-state index contributed by atoms with van der Waals surface area (Å²) >= 11 is 3.58. The molecule has 1 aliphatic carbocycles. The molecule has 4 heteroatoms. The quantitative estimate of drug-likeness (QED) is 0.856. The molecule has 0 spiro atoms. The Kier molecular flexibility index (Phi) is 4.13. The lowest BCUT2D eigenvalue weighted by Crippen LogP contribution is -2.51. The SMILES string of the molecule is O=C(NC1(CBr)CCCCC1)c1ccc2c(c1)COC2. The van der Waals surface area contributed by atoms with E-state index in [-0.39, 0.29) is 11.4 Å². The smallest absolute Gasteiger partial charge is 0.251 e. The number of carbonyl (C=O) groups is 1. The van der Waals surface area contributed by atoms with Gasteiger partial charge in [0.25, 0.3) is 5.91 Å². The van der Waals surface area contributed by atoms with Crippen molar-refractivity contribution in [3.05, 3.63) is 34.9 Å². The lowest BCUT2D eigenvalue weighted by Gasteiger charge is -2.36. The molecule has 1 aromatic rings. The van der Waals surface area contributed by atoms with Crippen LogP contribution in [0.3, 0.4) is 0 Å². The van der Waals surface area contributed by atoms with E-state index in [9.17, 15) is 4.79 Å². The number of alkyl halides is 1. The molecule has 1 aromatic carbocycles. The molecule has 1 amide bonds. The Morgan fingerprint density at radius 2 is 1.95 bits per heavy atom. The normalized spacial score (nSPS) is 20.4. The van der Waals surface area contributed by atoms with Crippen LogP contribution in [-0.4, -0.2) is 16.8 Å². The summed E-state index contributed by atoms with van der Waals surface area (Å²) < 4.78 is 5.40. The zero-order chi connectivity index (χ0) is 14.0. The minimum absolute atomic E-state index is 0.0426. The number of benzene rings is 1. The summed E-state index contributed by atoms with van der Waals surface area (Å²) in [5, 5.41) is 4.10.